The second kappa shape index (κ2) is 21.6. The van der Waals surface area contributed by atoms with Crippen LogP contribution in [0.1, 0.15) is 96.8 Å². The van der Waals surface area contributed by atoms with Crippen LogP contribution in [-0.2, 0) is 14.3 Å². The Labute approximate surface area is 220 Å². The summed E-state index contributed by atoms with van der Waals surface area (Å²) in [7, 11) is 1.43. The molecule has 0 atom stereocenters. The van der Waals surface area contributed by atoms with Crippen LogP contribution in [0.5, 0.6) is 0 Å². The van der Waals surface area contributed by atoms with E-state index in [2.05, 4.69) is 85.2 Å². The third-order valence-electron chi connectivity index (χ3n) is 6.46. The Balaban J connectivity index is 2.10. The van der Waals surface area contributed by atoms with Crippen LogP contribution < -0.4 is 5.32 Å². The lowest BCUT2D eigenvalue weighted by Crippen LogP contribution is -2.40. The van der Waals surface area contributed by atoms with Gasteiger partial charge in [0.2, 0.25) is 5.91 Å². The van der Waals surface area contributed by atoms with Gasteiger partial charge in [-0.3, -0.25) is 9.59 Å². The van der Waals surface area contributed by atoms with Gasteiger partial charge in [0, 0.05) is 13.0 Å². The van der Waals surface area contributed by atoms with Gasteiger partial charge in [0.05, 0.1) is 13.5 Å². The van der Waals surface area contributed by atoms with Crippen molar-refractivity contribution in [2.75, 3.05) is 13.7 Å². The molecule has 4 heteroatoms. The highest BCUT2D eigenvalue weighted by Crippen LogP contribution is 2.39. The number of carbonyl (C=O) groups is 2. The smallest absolute Gasteiger partial charge is 0.306 e. The predicted octanol–water partition coefficient (Wildman–Crippen LogP) is 8.09. The Morgan fingerprint density at radius 3 is 1.67 bits per heavy atom. The monoisotopic (exact) mass is 495 g/mol. The molecule has 1 aliphatic rings. The molecule has 1 N–H and O–H groups in total. The third kappa shape index (κ3) is 16.9. The zero-order chi connectivity index (χ0) is 26.2. The van der Waals surface area contributed by atoms with Gasteiger partial charge in [0.25, 0.3) is 0 Å². The molecule has 0 spiro atoms. The minimum Gasteiger partial charge on any atom is -0.469 e. The molecule has 0 aromatic heterocycles. The summed E-state index contributed by atoms with van der Waals surface area (Å²) in [5.74, 6) is -0.117. The number of hydrogen-bond acceptors (Lipinski definition) is 3. The molecule has 0 saturated heterocycles. The van der Waals surface area contributed by atoms with Gasteiger partial charge >= 0.3 is 5.97 Å². The van der Waals surface area contributed by atoms with Crippen molar-refractivity contribution in [3.8, 4) is 0 Å². The summed E-state index contributed by atoms with van der Waals surface area (Å²) in [6.07, 6.45) is 39.1. The summed E-state index contributed by atoms with van der Waals surface area (Å²) >= 11 is 0. The zero-order valence-electron chi connectivity index (χ0n) is 22.8. The van der Waals surface area contributed by atoms with E-state index in [0.717, 1.165) is 70.6 Å². The molecule has 0 aromatic rings. The minimum atomic E-state index is -0.177. The molecule has 1 rings (SSSR count). The second-order valence-corrected chi connectivity index (χ2v) is 9.54. The quantitative estimate of drug-likeness (QED) is 0.154. The van der Waals surface area contributed by atoms with Crippen LogP contribution >= 0.6 is 0 Å². The molecule has 0 aromatic carbocycles. The number of rotatable bonds is 18. The van der Waals surface area contributed by atoms with Crippen LogP contribution in [0.4, 0.5) is 0 Å². The average Bonchev–Trinajstić information content (AvgIpc) is 2.89. The van der Waals surface area contributed by atoms with Crippen LogP contribution in [0.15, 0.2) is 72.9 Å². The molecule has 1 aliphatic carbocycles. The standard InChI is InChI=1S/C32H49NO3/c1-3-4-5-6-7-8-9-10-11-12-13-14-15-16-17-18-19-20-22-25-30(34)33-29-32(28-31(35)36-2)26-23-21-24-27-32/h4-5,7-8,10-11,13-14,16-17,19-20H,3,6,9,12,15,18,21-29H2,1-2H3,(H,33,34)/b5-4-,8-7-,11-10-,14-13-,17-16-,20-19-. The van der Waals surface area contributed by atoms with Gasteiger partial charge in [-0.1, -0.05) is 99.1 Å². The van der Waals surface area contributed by atoms with Gasteiger partial charge in [-0.25, -0.2) is 0 Å². The Hall–Kier alpha value is -2.62. The van der Waals surface area contributed by atoms with E-state index in [4.69, 9.17) is 4.74 Å². The van der Waals surface area contributed by atoms with Gasteiger partial charge < -0.3 is 10.1 Å². The van der Waals surface area contributed by atoms with Crippen LogP contribution in [0.25, 0.3) is 0 Å². The first-order chi connectivity index (χ1) is 17.6. The van der Waals surface area contributed by atoms with E-state index >= 15 is 0 Å². The van der Waals surface area contributed by atoms with E-state index in [1.54, 1.807) is 0 Å². The summed E-state index contributed by atoms with van der Waals surface area (Å²) < 4.78 is 4.88. The molecule has 1 amide bonds. The number of hydrogen-bond donors (Lipinski definition) is 1. The predicted molar refractivity (Wildman–Crippen MR) is 153 cm³/mol. The number of allylic oxidation sites excluding steroid dienone is 12. The summed E-state index contributed by atoms with van der Waals surface area (Å²) in [5, 5.41) is 3.07. The lowest BCUT2D eigenvalue weighted by molar-refractivity contribution is -0.144. The molecular formula is C32H49NO3. The van der Waals surface area contributed by atoms with E-state index in [0.29, 0.717) is 19.4 Å². The van der Waals surface area contributed by atoms with Crippen molar-refractivity contribution in [1.82, 2.24) is 5.32 Å². The molecule has 4 nitrogen and oxygen atoms in total. The molecule has 36 heavy (non-hydrogen) atoms. The van der Waals surface area contributed by atoms with Crippen molar-refractivity contribution in [3.63, 3.8) is 0 Å². The molecule has 0 radical (unpaired) electrons. The topological polar surface area (TPSA) is 55.4 Å². The maximum absolute atomic E-state index is 12.3. The first-order valence-corrected chi connectivity index (χ1v) is 13.9. The molecular weight excluding hydrogens is 446 g/mol. The second-order valence-electron chi connectivity index (χ2n) is 9.54. The highest BCUT2D eigenvalue weighted by atomic mass is 16.5. The zero-order valence-corrected chi connectivity index (χ0v) is 22.8. The van der Waals surface area contributed by atoms with E-state index in [1.807, 2.05) is 0 Å². The van der Waals surface area contributed by atoms with Crippen molar-refractivity contribution in [3.05, 3.63) is 72.9 Å². The van der Waals surface area contributed by atoms with Crippen LogP contribution in [0, 0.1) is 5.41 Å². The van der Waals surface area contributed by atoms with Gasteiger partial charge in [-0.15, -0.1) is 0 Å². The van der Waals surface area contributed by atoms with Gasteiger partial charge in [-0.05, 0) is 63.2 Å². The summed E-state index contributed by atoms with van der Waals surface area (Å²) in [5.41, 5.74) is -0.130. The van der Waals surface area contributed by atoms with E-state index in [1.165, 1.54) is 13.5 Å². The normalized spacial score (nSPS) is 16.4. The molecule has 0 unspecified atom stereocenters. The Kier molecular flexibility index (Phi) is 18.9. The molecule has 1 saturated carbocycles. The molecule has 0 bridgehead atoms. The van der Waals surface area contributed by atoms with E-state index in [-0.39, 0.29) is 17.3 Å². The molecule has 0 aliphatic heterocycles. The van der Waals surface area contributed by atoms with Crippen molar-refractivity contribution in [1.29, 1.82) is 0 Å². The Morgan fingerprint density at radius 2 is 1.19 bits per heavy atom. The van der Waals surface area contributed by atoms with E-state index < -0.39 is 0 Å². The number of carbonyl (C=O) groups excluding carboxylic acids is 2. The lowest BCUT2D eigenvalue weighted by atomic mass is 9.71. The van der Waals surface area contributed by atoms with Crippen molar-refractivity contribution in [2.24, 2.45) is 5.41 Å². The van der Waals surface area contributed by atoms with Crippen molar-refractivity contribution < 1.29 is 14.3 Å². The SMILES string of the molecule is CC/C=C\C/C=C\C/C=C\C/C=C\C/C=C\C/C=C\CCC(=O)NCC1(CC(=O)OC)CCCCC1. The summed E-state index contributed by atoms with van der Waals surface area (Å²) in [6.45, 7) is 2.73. The van der Waals surface area contributed by atoms with Crippen LogP contribution in [0.2, 0.25) is 0 Å². The third-order valence-corrected chi connectivity index (χ3v) is 6.46. The molecule has 1 fully saturated rings. The number of esters is 1. The Morgan fingerprint density at radius 1 is 0.722 bits per heavy atom. The number of methoxy groups -OCH3 is 1. The minimum absolute atomic E-state index is 0.0596. The summed E-state index contributed by atoms with van der Waals surface area (Å²) in [4.78, 5) is 24.1. The number of amides is 1. The maximum Gasteiger partial charge on any atom is 0.306 e. The first kappa shape index (κ1) is 31.4. The van der Waals surface area contributed by atoms with Crippen LogP contribution in [-0.4, -0.2) is 25.5 Å². The molecule has 0 heterocycles. The highest BCUT2D eigenvalue weighted by Gasteiger charge is 2.35. The maximum atomic E-state index is 12.3. The fraction of sp³-hybridized carbons (Fsp3) is 0.562. The highest BCUT2D eigenvalue weighted by molar-refractivity contribution is 5.76. The van der Waals surface area contributed by atoms with E-state index in [9.17, 15) is 9.59 Å². The van der Waals surface area contributed by atoms with Crippen molar-refractivity contribution >= 4 is 11.9 Å². The Bertz CT molecular complexity index is 764. The largest absolute Gasteiger partial charge is 0.469 e. The fourth-order valence-electron chi connectivity index (χ4n) is 4.32. The fourth-order valence-corrected chi connectivity index (χ4v) is 4.32. The van der Waals surface area contributed by atoms with Crippen LogP contribution in [0.3, 0.4) is 0 Å². The van der Waals surface area contributed by atoms with Gasteiger partial charge in [-0.2, -0.15) is 0 Å². The van der Waals surface area contributed by atoms with Crippen molar-refractivity contribution in [2.45, 2.75) is 96.8 Å². The summed E-state index contributed by atoms with van der Waals surface area (Å²) in [6, 6.07) is 0. The number of ether oxygens (including phenoxy) is 1. The first-order valence-electron chi connectivity index (χ1n) is 13.9. The van der Waals surface area contributed by atoms with Gasteiger partial charge in [0.1, 0.15) is 0 Å². The average molecular weight is 496 g/mol. The molecule has 200 valence electrons. The van der Waals surface area contributed by atoms with Gasteiger partial charge in [0.15, 0.2) is 0 Å². The number of nitrogens with one attached hydrogen (secondary N) is 1. The lowest BCUT2D eigenvalue weighted by Gasteiger charge is -2.36.